The van der Waals surface area contributed by atoms with E-state index in [1.54, 1.807) is 25.2 Å². The quantitative estimate of drug-likeness (QED) is 0.216. The van der Waals surface area contributed by atoms with Crippen molar-refractivity contribution in [2.75, 3.05) is 19.5 Å². The molecule has 1 N–H and O–H groups in total. The van der Waals surface area contributed by atoms with E-state index in [4.69, 9.17) is 19.0 Å². The van der Waals surface area contributed by atoms with Crippen LogP contribution in [0, 0.1) is 25.5 Å². The van der Waals surface area contributed by atoms with Crippen LogP contribution in [-0.4, -0.2) is 37.6 Å². The van der Waals surface area contributed by atoms with Crippen molar-refractivity contribution in [2.45, 2.75) is 19.6 Å². The fourth-order valence-electron chi connectivity index (χ4n) is 5.00. The molecule has 8 nitrogen and oxygen atoms in total. The van der Waals surface area contributed by atoms with E-state index in [9.17, 15) is 22.0 Å². The van der Waals surface area contributed by atoms with Crippen molar-refractivity contribution in [3.8, 4) is 39.7 Å². The Morgan fingerprint density at radius 1 is 0.953 bits per heavy atom. The molecule has 0 saturated carbocycles. The van der Waals surface area contributed by atoms with Crippen molar-refractivity contribution in [3.63, 3.8) is 0 Å². The van der Waals surface area contributed by atoms with E-state index in [1.165, 1.54) is 16.8 Å². The monoisotopic (exact) mass is 609 g/mol. The van der Waals surface area contributed by atoms with E-state index in [2.05, 4.69) is 0 Å². The van der Waals surface area contributed by atoms with Gasteiger partial charge in [-0.25, -0.2) is 17.2 Å². The van der Waals surface area contributed by atoms with Gasteiger partial charge in [0.15, 0.2) is 21.4 Å². The van der Waals surface area contributed by atoms with Crippen LogP contribution in [0.3, 0.4) is 0 Å². The third-order valence-corrected chi connectivity index (χ3v) is 7.67. The first-order chi connectivity index (χ1) is 20.3. The standard InChI is InChI=1S/C32H29F2NO7S/c1-18-11-21(12-19(2)30(18)40-10-9-36)29-15-24-31(42-29)25(16-35(3)32(24)37)23-13-20(17-43(4,38)39)5-7-27(23)41-28-8-6-22(33)14-26(28)34/h5-8,11-16,36H,9-10,17H2,1-4H3. The minimum Gasteiger partial charge on any atom is -0.491 e. The molecule has 0 aliphatic carbocycles. The minimum absolute atomic E-state index is 0.124. The normalized spacial score (nSPS) is 11.7. The Balaban J connectivity index is 1.71. The van der Waals surface area contributed by atoms with Crippen LogP contribution in [0.2, 0.25) is 0 Å². The highest BCUT2D eigenvalue weighted by Gasteiger charge is 2.21. The van der Waals surface area contributed by atoms with Crippen LogP contribution in [0.25, 0.3) is 33.4 Å². The summed E-state index contributed by atoms with van der Waals surface area (Å²) < 4.78 is 71.5. The van der Waals surface area contributed by atoms with Gasteiger partial charge in [-0.3, -0.25) is 4.79 Å². The highest BCUT2D eigenvalue weighted by Crippen LogP contribution is 2.41. The van der Waals surface area contributed by atoms with Gasteiger partial charge in [0.2, 0.25) is 0 Å². The number of furan rings is 1. The Morgan fingerprint density at radius 3 is 2.30 bits per heavy atom. The molecule has 0 atom stereocenters. The molecule has 0 amide bonds. The lowest BCUT2D eigenvalue weighted by Gasteiger charge is -2.15. The molecule has 5 rings (SSSR count). The second kappa shape index (κ2) is 11.7. The summed E-state index contributed by atoms with van der Waals surface area (Å²) in [6.45, 7) is 3.75. The van der Waals surface area contributed by atoms with E-state index in [-0.39, 0.29) is 47.0 Å². The Morgan fingerprint density at radius 2 is 1.65 bits per heavy atom. The number of hydrogen-bond acceptors (Lipinski definition) is 7. The van der Waals surface area contributed by atoms with Gasteiger partial charge in [-0.15, -0.1) is 0 Å². The van der Waals surface area contributed by atoms with Crippen LogP contribution in [0.4, 0.5) is 8.78 Å². The first kappa shape index (κ1) is 30.0. The number of benzene rings is 3. The number of pyridine rings is 1. The maximum atomic E-state index is 14.6. The number of aliphatic hydroxyl groups excluding tert-OH is 1. The second-order valence-corrected chi connectivity index (χ2v) is 12.5. The summed E-state index contributed by atoms with van der Waals surface area (Å²) in [6, 6.07) is 12.9. The second-order valence-electron chi connectivity index (χ2n) is 10.4. The van der Waals surface area contributed by atoms with Crippen molar-refractivity contribution >= 4 is 20.8 Å². The maximum absolute atomic E-state index is 14.6. The zero-order chi connectivity index (χ0) is 31.1. The maximum Gasteiger partial charge on any atom is 0.261 e. The molecule has 5 aromatic rings. The van der Waals surface area contributed by atoms with Gasteiger partial charge < -0.3 is 23.6 Å². The molecular formula is C32H29F2NO7S. The van der Waals surface area contributed by atoms with Gasteiger partial charge in [-0.05, 0) is 73.0 Å². The average molecular weight is 610 g/mol. The summed E-state index contributed by atoms with van der Waals surface area (Å²) in [5.41, 5.74) is 3.36. The van der Waals surface area contributed by atoms with Crippen molar-refractivity contribution in [2.24, 2.45) is 7.05 Å². The number of sulfone groups is 1. The first-order valence-electron chi connectivity index (χ1n) is 13.3. The van der Waals surface area contributed by atoms with Crippen LogP contribution in [0.15, 0.2) is 70.0 Å². The third kappa shape index (κ3) is 6.32. The lowest BCUT2D eigenvalue weighted by atomic mass is 10.0. The summed E-state index contributed by atoms with van der Waals surface area (Å²) in [6.07, 6.45) is 2.64. The number of aliphatic hydroxyl groups is 1. The molecule has 11 heteroatoms. The largest absolute Gasteiger partial charge is 0.491 e. The van der Waals surface area contributed by atoms with Crippen LogP contribution < -0.4 is 15.0 Å². The molecule has 2 aromatic heterocycles. The molecule has 43 heavy (non-hydrogen) atoms. The molecule has 0 radical (unpaired) electrons. The number of hydrogen-bond donors (Lipinski definition) is 1. The zero-order valence-corrected chi connectivity index (χ0v) is 24.7. The Bertz CT molecular complexity index is 2010. The fraction of sp³-hybridized carbons (Fsp3) is 0.219. The number of aromatic nitrogens is 1. The van der Waals surface area contributed by atoms with Crippen LogP contribution in [-0.2, 0) is 22.6 Å². The smallest absolute Gasteiger partial charge is 0.261 e. The number of ether oxygens (including phenoxy) is 2. The zero-order valence-electron chi connectivity index (χ0n) is 23.9. The van der Waals surface area contributed by atoms with E-state index in [0.29, 0.717) is 39.8 Å². The number of rotatable bonds is 9. The van der Waals surface area contributed by atoms with Gasteiger partial charge in [-0.1, -0.05) is 6.07 Å². The number of aryl methyl sites for hydroxylation is 3. The molecule has 2 heterocycles. The number of nitrogens with zero attached hydrogens (tertiary/aromatic N) is 1. The average Bonchev–Trinajstić information content (AvgIpc) is 3.38. The van der Waals surface area contributed by atoms with Crippen molar-refractivity contribution in [1.29, 1.82) is 0 Å². The fourth-order valence-corrected chi connectivity index (χ4v) is 5.78. The predicted molar refractivity (Wildman–Crippen MR) is 159 cm³/mol. The van der Waals surface area contributed by atoms with Gasteiger partial charge in [0, 0.05) is 42.3 Å². The summed E-state index contributed by atoms with van der Waals surface area (Å²) >= 11 is 0. The minimum atomic E-state index is -3.41. The Labute approximate surface area is 246 Å². The highest BCUT2D eigenvalue weighted by molar-refractivity contribution is 7.89. The third-order valence-electron chi connectivity index (χ3n) is 6.81. The summed E-state index contributed by atoms with van der Waals surface area (Å²) in [7, 11) is -1.84. The van der Waals surface area contributed by atoms with Crippen molar-refractivity contribution < 1.29 is 36.2 Å². The number of fused-ring (bicyclic) bond motifs is 1. The topological polar surface area (TPSA) is 108 Å². The molecule has 0 aliphatic heterocycles. The van der Waals surface area contributed by atoms with Crippen LogP contribution in [0.1, 0.15) is 16.7 Å². The lowest BCUT2D eigenvalue weighted by Crippen LogP contribution is -2.15. The van der Waals surface area contributed by atoms with Gasteiger partial charge in [-0.2, -0.15) is 0 Å². The molecule has 0 saturated heterocycles. The predicted octanol–water partition coefficient (Wildman–Crippen LogP) is 6.07. The highest BCUT2D eigenvalue weighted by atomic mass is 32.2. The summed E-state index contributed by atoms with van der Waals surface area (Å²) in [5.74, 6) is -1.02. The summed E-state index contributed by atoms with van der Waals surface area (Å²) in [4.78, 5) is 13.2. The molecule has 0 unspecified atom stereocenters. The summed E-state index contributed by atoms with van der Waals surface area (Å²) in [5, 5.41) is 9.41. The van der Waals surface area contributed by atoms with Crippen molar-refractivity contribution in [1.82, 2.24) is 4.57 Å². The number of halogens is 2. The van der Waals surface area contributed by atoms with Crippen molar-refractivity contribution in [3.05, 3.63) is 99.5 Å². The molecule has 0 spiro atoms. The van der Waals surface area contributed by atoms with Gasteiger partial charge in [0.1, 0.15) is 35.3 Å². The van der Waals surface area contributed by atoms with Gasteiger partial charge in [0.05, 0.1) is 17.7 Å². The SMILES string of the molecule is Cc1cc(-c2cc3c(=O)n(C)cc(-c4cc(CS(C)(=O)=O)ccc4Oc4ccc(F)cc4F)c3o2)cc(C)c1OCCO. The molecule has 0 fully saturated rings. The lowest BCUT2D eigenvalue weighted by molar-refractivity contribution is 0.200. The van der Waals surface area contributed by atoms with E-state index in [1.807, 2.05) is 26.0 Å². The van der Waals surface area contributed by atoms with Crippen LogP contribution in [0.5, 0.6) is 17.2 Å². The molecule has 0 bridgehead atoms. The van der Waals surface area contributed by atoms with Gasteiger partial charge >= 0.3 is 0 Å². The van der Waals surface area contributed by atoms with Crippen LogP contribution >= 0.6 is 0 Å². The molecule has 0 aliphatic rings. The molecular weight excluding hydrogens is 580 g/mol. The first-order valence-corrected chi connectivity index (χ1v) is 15.3. The van der Waals surface area contributed by atoms with E-state index >= 15 is 0 Å². The Kier molecular flexibility index (Phi) is 8.13. The van der Waals surface area contributed by atoms with Gasteiger partial charge in [0.25, 0.3) is 5.56 Å². The Hall–Kier alpha value is -4.48. The van der Waals surface area contributed by atoms with E-state index < -0.39 is 21.5 Å². The molecule has 3 aromatic carbocycles. The van der Waals surface area contributed by atoms with E-state index in [0.717, 1.165) is 29.5 Å². The molecule has 224 valence electrons.